The summed E-state index contributed by atoms with van der Waals surface area (Å²) in [5, 5.41) is 3.65. The molecule has 1 N–H and O–H groups in total. The number of nitrogens with one attached hydrogen (secondary N) is 1. The number of para-hydroxylation sites is 1. The Hall–Kier alpha value is -1.87. The van der Waals surface area contributed by atoms with E-state index in [0.29, 0.717) is 5.41 Å². The van der Waals surface area contributed by atoms with Crippen LogP contribution in [0.5, 0.6) is 0 Å². The van der Waals surface area contributed by atoms with E-state index in [1.165, 1.54) is 24.9 Å². The molecule has 3 rings (SSSR count). The third kappa shape index (κ3) is 4.45. The van der Waals surface area contributed by atoms with Crippen molar-refractivity contribution in [3.8, 4) is 0 Å². The van der Waals surface area contributed by atoms with Crippen LogP contribution in [0.4, 0.5) is 10.1 Å². The summed E-state index contributed by atoms with van der Waals surface area (Å²) < 4.78 is 13.1. The molecule has 0 spiro atoms. The van der Waals surface area contributed by atoms with E-state index in [4.69, 9.17) is 0 Å². The first-order chi connectivity index (χ1) is 12.5. The van der Waals surface area contributed by atoms with Gasteiger partial charge in [-0.1, -0.05) is 43.7 Å². The van der Waals surface area contributed by atoms with E-state index in [1.54, 1.807) is 12.1 Å². The van der Waals surface area contributed by atoms with Crippen LogP contribution in [0.2, 0.25) is 0 Å². The highest BCUT2D eigenvalue weighted by Gasteiger charge is 2.51. The summed E-state index contributed by atoms with van der Waals surface area (Å²) in [7, 11) is 2.19. The van der Waals surface area contributed by atoms with Crippen LogP contribution in [0.3, 0.4) is 0 Å². The lowest BCUT2D eigenvalue weighted by molar-refractivity contribution is 0.388. The molecule has 26 heavy (non-hydrogen) atoms. The van der Waals surface area contributed by atoms with Crippen LogP contribution in [-0.2, 0) is 0 Å². The fraction of sp³-hybridized carbons (Fsp3) is 0.478. The molecule has 1 aliphatic rings. The summed E-state index contributed by atoms with van der Waals surface area (Å²) >= 11 is 0. The average Bonchev–Trinajstić information content (AvgIpc) is 3.39. The van der Waals surface area contributed by atoms with Crippen molar-refractivity contribution >= 4 is 5.69 Å². The highest BCUT2D eigenvalue weighted by Crippen LogP contribution is 2.57. The number of halogens is 1. The summed E-state index contributed by atoms with van der Waals surface area (Å²) in [5.41, 5.74) is 2.93. The van der Waals surface area contributed by atoms with Gasteiger partial charge >= 0.3 is 0 Å². The van der Waals surface area contributed by atoms with Gasteiger partial charge in [0.15, 0.2) is 0 Å². The zero-order chi connectivity index (χ0) is 18.6. The van der Waals surface area contributed by atoms with E-state index in [1.807, 2.05) is 12.1 Å². The Morgan fingerprint density at radius 2 is 1.85 bits per heavy atom. The Labute approximate surface area is 157 Å². The Morgan fingerprint density at radius 3 is 2.50 bits per heavy atom. The molecule has 3 heteroatoms. The molecule has 3 atom stereocenters. The lowest BCUT2D eigenvalue weighted by atomic mass is 9.95. The van der Waals surface area contributed by atoms with Gasteiger partial charge < -0.3 is 10.2 Å². The molecular formula is C23H31FN2. The summed E-state index contributed by atoms with van der Waals surface area (Å²) in [5.74, 6) is 0.579. The number of rotatable bonds is 9. The second-order valence-corrected chi connectivity index (χ2v) is 7.81. The molecule has 0 aliphatic heterocycles. The standard InChI is InChI=1S/C23H31FN2/c1-4-23(14-15-26(3)22-8-6-5-7-9-22)16-20(23)17-25-18(2)19-10-12-21(24)13-11-19/h5-13,18,20,25H,4,14-17H2,1-3H3/t18-,20?,23?/m1/s1. The van der Waals surface area contributed by atoms with Crippen molar-refractivity contribution < 1.29 is 4.39 Å². The van der Waals surface area contributed by atoms with Crippen molar-refractivity contribution in [1.82, 2.24) is 5.32 Å². The van der Waals surface area contributed by atoms with Crippen molar-refractivity contribution in [2.24, 2.45) is 11.3 Å². The molecular weight excluding hydrogens is 323 g/mol. The minimum absolute atomic E-state index is 0.171. The van der Waals surface area contributed by atoms with Crippen LogP contribution in [0.25, 0.3) is 0 Å². The number of nitrogens with zero attached hydrogens (tertiary/aromatic N) is 1. The zero-order valence-electron chi connectivity index (χ0n) is 16.2. The normalized spacial score (nSPS) is 22.8. The van der Waals surface area contributed by atoms with Crippen LogP contribution in [0.1, 0.15) is 44.7 Å². The predicted octanol–water partition coefficient (Wildman–Crippen LogP) is 5.42. The molecule has 1 aliphatic carbocycles. The first kappa shape index (κ1) is 18.9. The molecule has 0 saturated heterocycles. The van der Waals surface area contributed by atoms with E-state index in [0.717, 1.165) is 24.6 Å². The van der Waals surface area contributed by atoms with Gasteiger partial charge in [-0.3, -0.25) is 0 Å². The van der Waals surface area contributed by atoms with Gasteiger partial charge in [0.1, 0.15) is 5.82 Å². The van der Waals surface area contributed by atoms with E-state index in [2.05, 4.69) is 61.4 Å². The Kier molecular flexibility index (Phi) is 5.98. The minimum atomic E-state index is -0.171. The Balaban J connectivity index is 1.47. The third-order valence-electron chi connectivity index (χ3n) is 6.25. The van der Waals surface area contributed by atoms with Crippen molar-refractivity contribution in [3.05, 3.63) is 66.0 Å². The van der Waals surface area contributed by atoms with Gasteiger partial charge in [-0.15, -0.1) is 0 Å². The first-order valence-corrected chi connectivity index (χ1v) is 9.79. The van der Waals surface area contributed by atoms with Gasteiger partial charge in [0, 0.05) is 25.3 Å². The maximum atomic E-state index is 13.1. The average molecular weight is 355 g/mol. The molecule has 140 valence electrons. The van der Waals surface area contributed by atoms with Crippen molar-refractivity contribution in [3.63, 3.8) is 0 Å². The maximum Gasteiger partial charge on any atom is 0.123 e. The van der Waals surface area contributed by atoms with Gasteiger partial charge in [0.05, 0.1) is 0 Å². The third-order valence-corrected chi connectivity index (χ3v) is 6.25. The van der Waals surface area contributed by atoms with Crippen LogP contribution < -0.4 is 10.2 Å². The van der Waals surface area contributed by atoms with Gasteiger partial charge in [-0.25, -0.2) is 4.39 Å². The molecule has 0 bridgehead atoms. The highest BCUT2D eigenvalue weighted by atomic mass is 19.1. The molecule has 0 heterocycles. The molecule has 2 unspecified atom stereocenters. The molecule has 1 saturated carbocycles. The van der Waals surface area contributed by atoms with Gasteiger partial charge in [0.2, 0.25) is 0 Å². The fourth-order valence-corrected chi connectivity index (χ4v) is 4.03. The lowest BCUT2D eigenvalue weighted by Gasteiger charge is -2.24. The highest BCUT2D eigenvalue weighted by molar-refractivity contribution is 5.44. The first-order valence-electron chi connectivity index (χ1n) is 9.79. The lowest BCUT2D eigenvalue weighted by Crippen LogP contribution is -2.25. The number of anilines is 1. The monoisotopic (exact) mass is 354 g/mol. The summed E-state index contributed by atoms with van der Waals surface area (Å²) in [6.45, 7) is 6.63. The molecule has 1 fully saturated rings. The van der Waals surface area contributed by atoms with Gasteiger partial charge in [-0.2, -0.15) is 0 Å². The maximum absolute atomic E-state index is 13.1. The zero-order valence-corrected chi connectivity index (χ0v) is 16.2. The SMILES string of the molecule is CCC1(CCN(C)c2ccccc2)CC1CN[C@H](C)c1ccc(F)cc1. The molecule has 0 aromatic heterocycles. The summed E-state index contributed by atoms with van der Waals surface area (Å²) in [6.07, 6.45) is 3.80. The Bertz CT molecular complexity index is 685. The smallest absolute Gasteiger partial charge is 0.123 e. The van der Waals surface area contributed by atoms with Crippen molar-refractivity contribution in [2.45, 2.75) is 39.2 Å². The van der Waals surface area contributed by atoms with Crippen molar-refractivity contribution in [1.29, 1.82) is 0 Å². The predicted molar refractivity (Wildman–Crippen MR) is 108 cm³/mol. The van der Waals surface area contributed by atoms with Crippen LogP contribution in [-0.4, -0.2) is 20.1 Å². The molecule has 2 nitrogen and oxygen atoms in total. The number of hydrogen-bond donors (Lipinski definition) is 1. The van der Waals surface area contributed by atoms with E-state index >= 15 is 0 Å². The second-order valence-electron chi connectivity index (χ2n) is 7.81. The van der Waals surface area contributed by atoms with Crippen molar-refractivity contribution in [2.75, 3.05) is 25.0 Å². The second kappa shape index (κ2) is 8.22. The topological polar surface area (TPSA) is 15.3 Å². The minimum Gasteiger partial charge on any atom is -0.375 e. The Morgan fingerprint density at radius 1 is 1.15 bits per heavy atom. The van der Waals surface area contributed by atoms with Gasteiger partial charge in [-0.05, 0) is 67.5 Å². The largest absolute Gasteiger partial charge is 0.375 e. The van der Waals surface area contributed by atoms with Crippen LogP contribution in [0, 0.1) is 17.2 Å². The van der Waals surface area contributed by atoms with E-state index in [9.17, 15) is 4.39 Å². The van der Waals surface area contributed by atoms with Crippen LogP contribution in [0.15, 0.2) is 54.6 Å². The molecule has 0 amide bonds. The quantitative estimate of drug-likeness (QED) is 0.647. The van der Waals surface area contributed by atoms with E-state index < -0.39 is 0 Å². The summed E-state index contributed by atoms with van der Waals surface area (Å²) in [6, 6.07) is 17.7. The van der Waals surface area contributed by atoms with Gasteiger partial charge in [0.25, 0.3) is 0 Å². The molecule has 0 radical (unpaired) electrons. The van der Waals surface area contributed by atoms with E-state index in [-0.39, 0.29) is 11.9 Å². The van der Waals surface area contributed by atoms with Crippen LogP contribution >= 0.6 is 0 Å². The molecule has 2 aromatic carbocycles. The molecule has 2 aromatic rings. The number of benzene rings is 2. The summed E-state index contributed by atoms with van der Waals surface area (Å²) in [4.78, 5) is 2.36. The fourth-order valence-electron chi connectivity index (χ4n) is 4.03. The number of hydrogen-bond acceptors (Lipinski definition) is 2.